The molecule has 46 heavy (non-hydrogen) atoms. The summed E-state index contributed by atoms with van der Waals surface area (Å²) in [6, 6.07) is 39.0. The smallest absolute Gasteiger partial charge is 0.0812 e. The monoisotopic (exact) mass is 624 g/mol. The minimum Gasteiger partial charge on any atom is -0.256 e. The molecule has 4 aromatic heterocycles. The first-order valence-corrected chi connectivity index (χ1v) is 16.9. The van der Waals surface area contributed by atoms with Gasteiger partial charge in [-0.15, -0.1) is 22.7 Å². The molecule has 0 saturated carbocycles. The molecule has 5 aromatic carbocycles. The lowest BCUT2D eigenvalue weighted by molar-refractivity contribution is 1.31. The Labute approximate surface area is 273 Å². The molecule has 0 aliphatic rings. The molecule has 0 aliphatic heterocycles. The van der Waals surface area contributed by atoms with Gasteiger partial charge in [0.15, 0.2) is 0 Å². The van der Waals surface area contributed by atoms with E-state index in [0.29, 0.717) is 0 Å². The second-order valence-electron chi connectivity index (χ2n) is 11.2. The molecule has 0 bridgehead atoms. The van der Waals surface area contributed by atoms with Gasteiger partial charge in [-0.25, -0.2) is 9.97 Å². The van der Waals surface area contributed by atoms with Crippen molar-refractivity contribution in [2.45, 2.75) is 0 Å². The van der Waals surface area contributed by atoms with E-state index in [2.05, 4.69) is 118 Å². The summed E-state index contributed by atoms with van der Waals surface area (Å²) in [6.07, 6.45) is 3.78. The Morgan fingerprint density at radius 1 is 0.370 bits per heavy atom. The molecule has 0 fully saturated rings. The number of nitrogens with zero attached hydrogens (tertiary/aromatic N) is 4. The van der Waals surface area contributed by atoms with Gasteiger partial charge in [-0.1, -0.05) is 72.8 Å². The third-order valence-electron chi connectivity index (χ3n) is 8.60. The van der Waals surface area contributed by atoms with E-state index >= 15 is 0 Å². The lowest BCUT2D eigenvalue weighted by Crippen LogP contribution is -1.95. The van der Waals surface area contributed by atoms with Crippen LogP contribution in [0.3, 0.4) is 0 Å². The molecule has 6 heteroatoms. The summed E-state index contributed by atoms with van der Waals surface area (Å²) < 4.78 is 0. The van der Waals surface area contributed by atoms with E-state index < -0.39 is 0 Å². The quantitative estimate of drug-likeness (QED) is 0.179. The maximum Gasteiger partial charge on any atom is 0.0812 e. The molecule has 4 heterocycles. The molecule has 216 valence electrons. The SMILES string of the molecule is c1ccc2cc(-c3ccc4c(-c5cc(-c6cscn6)ccn5)c5ccccc5c(-c5cc(-c6cscn6)ccn5)c4c3)ccc2c1. The van der Waals surface area contributed by atoms with E-state index in [1.54, 1.807) is 22.7 Å². The van der Waals surface area contributed by atoms with Gasteiger partial charge in [0, 0.05) is 45.4 Å². The number of hydrogen-bond donors (Lipinski definition) is 0. The summed E-state index contributed by atoms with van der Waals surface area (Å²) in [5.74, 6) is 0. The molecule has 0 aliphatic carbocycles. The summed E-state index contributed by atoms with van der Waals surface area (Å²) >= 11 is 3.20. The second kappa shape index (κ2) is 11.1. The summed E-state index contributed by atoms with van der Waals surface area (Å²) in [5, 5.41) is 11.1. The van der Waals surface area contributed by atoms with Gasteiger partial charge in [-0.3, -0.25) is 9.97 Å². The number of thiazole rings is 2. The summed E-state index contributed by atoms with van der Waals surface area (Å²) in [4.78, 5) is 19.1. The molecule has 0 radical (unpaired) electrons. The first kappa shape index (κ1) is 26.8. The molecule has 9 aromatic rings. The van der Waals surface area contributed by atoms with Crippen molar-refractivity contribution in [3.05, 3.63) is 143 Å². The van der Waals surface area contributed by atoms with Crippen molar-refractivity contribution in [3.8, 4) is 56.2 Å². The van der Waals surface area contributed by atoms with Gasteiger partial charge in [0.25, 0.3) is 0 Å². The lowest BCUT2D eigenvalue weighted by Gasteiger charge is -2.18. The number of benzene rings is 5. The first-order chi connectivity index (χ1) is 22.8. The van der Waals surface area contributed by atoms with Gasteiger partial charge in [-0.2, -0.15) is 0 Å². The molecular formula is C40H24N4S2. The average Bonchev–Trinajstić information content (AvgIpc) is 3.86. The standard InChI is InChI=1S/C40H24N4S2/c1-2-6-26-17-27(10-9-25(26)5-1)28-11-12-33-34(18-28)40(36-20-30(14-16-42-36)38-22-46-24-44-38)32-8-4-3-7-31(32)39(33)35-19-29(13-15-41-35)37-21-45-23-43-37/h1-24H. The highest BCUT2D eigenvalue weighted by atomic mass is 32.1. The molecule has 0 unspecified atom stereocenters. The number of pyridine rings is 2. The highest BCUT2D eigenvalue weighted by Crippen LogP contribution is 2.45. The summed E-state index contributed by atoms with van der Waals surface area (Å²) in [5.41, 5.74) is 14.1. The van der Waals surface area contributed by atoms with Crippen molar-refractivity contribution < 1.29 is 0 Å². The van der Waals surface area contributed by atoms with Crippen LogP contribution in [0.1, 0.15) is 0 Å². The van der Waals surface area contributed by atoms with Crippen LogP contribution in [0.2, 0.25) is 0 Å². The molecule has 0 N–H and O–H groups in total. The van der Waals surface area contributed by atoms with Crippen LogP contribution in [0, 0.1) is 0 Å². The fourth-order valence-corrected chi connectivity index (χ4v) is 7.56. The van der Waals surface area contributed by atoms with Crippen molar-refractivity contribution in [2.75, 3.05) is 0 Å². The van der Waals surface area contributed by atoms with Crippen LogP contribution in [0.4, 0.5) is 0 Å². The Balaban J connectivity index is 1.36. The zero-order valence-corrected chi connectivity index (χ0v) is 26.1. The Morgan fingerprint density at radius 3 is 1.54 bits per heavy atom. The molecule has 0 atom stereocenters. The Morgan fingerprint density at radius 2 is 0.913 bits per heavy atom. The fraction of sp³-hybridized carbons (Fsp3) is 0. The normalized spacial score (nSPS) is 11.5. The zero-order chi connectivity index (χ0) is 30.5. The molecule has 0 amide bonds. The van der Waals surface area contributed by atoms with Crippen LogP contribution in [-0.2, 0) is 0 Å². The average molecular weight is 625 g/mol. The fourth-order valence-electron chi connectivity index (χ4n) is 6.44. The van der Waals surface area contributed by atoms with Gasteiger partial charge in [0.2, 0.25) is 0 Å². The highest BCUT2D eigenvalue weighted by molar-refractivity contribution is 7.08. The van der Waals surface area contributed by atoms with E-state index in [4.69, 9.17) is 9.97 Å². The van der Waals surface area contributed by atoms with Crippen LogP contribution in [0.5, 0.6) is 0 Å². The van der Waals surface area contributed by atoms with Crippen molar-refractivity contribution in [1.82, 2.24) is 19.9 Å². The zero-order valence-electron chi connectivity index (χ0n) is 24.5. The number of fused-ring (bicyclic) bond motifs is 3. The van der Waals surface area contributed by atoms with Gasteiger partial charge >= 0.3 is 0 Å². The van der Waals surface area contributed by atoms with E-state index in [9.17, 15) is 0 Å². The van der Waals surface area contributed by atoms with Gasteiger partial charge in [0.05, 0.1) is 33.8 Å². The number of hydrogen-bond acceptors (Lipinski definition) is 6. The maximum absolute atomic E-state index is 4.97. The molecule has 0 saturated heterocycles. The highest BCUT2D eigenvalue weighted by Gasteiger charge is 2.20. The minimum absolute atomic E-state index is 0.915. The van der Waals surface area contributed by atoms with Gasteiger partial charge in [0.1, 0.15) is 0 Å². The molecular weight excluding hydrogens is 601 g/mol. The van der Waals surface area contributed by atoms with Crippen LogP contribution in [0.15, 0.2) is 143 Å². The van der Waals surface area contributed by atoms with E-state index in [0.717, 1.165) is 72.1 Å². The van der Waals surface area contributed by atoms with Crippen LogP contribution >= 0.6 is 22.7 Å². The van der Waals surface area contributed by atoms with Crippen molar-refractivity contribution in [2.24, 2.45) is 0 Å². The summed E-state index contributed by atoms with van der Waals surface area (Å²) in [7, 11) is 0. The lowest BCUT2D eigenvalue weighted by atomic mass is 9.86. The van der Waals surface area contributed by atoms with Crippen LogP contribution in [0.25, 0.3) is 88.5 Å². The van der Waals surface area contributed by atoms with Crippen molar-refractivity contribution in [3.63, 3.8) is 0 Å². The Bertz CT molecular complexity index is 2540. The Kier molecular flexibility index (Phi) is 6.47. The largest absolute Gasteiger partial charge is 0.256 e. The van der Waals surface area contributed by atoms with Crippen LogP contribution in [-0.4, -0.2) is 19.9 Å². The van der Waals surface area contributed by atoms with E-state index in [1.165, 1.54) is 16.3 Å². The van der Waals surface area contributed by atoms with Crippen molar-refractivity contribution >= 4 is 55.0 Å². The predicted octanol–water partition coefficient (Wildman–Crippen LogP) is 11.2. The van der Waals surface area contributed by atoms with Gasteiger partial charge in [-0.05, 0) is 79.8 Å². The van der Waals surface area contributed by atoms with Crippen LogP contribution < -0.4 is 0 Å². The number of rotatable bonds is 5. The van der Waals surface area contributed by atoms with Gasteiger partial charge < -0.3 is 0 Å². The molecule has 4 nitrogen and oxygen atoms in total. The van der Waals surface area contributed by atoms with E-state index in [1.807, 2.05) is 35.5 Å². The number of aromatic nitrogens is 4. The van der Waals surface area contributed by atoms with Crippen molar-refractivity contribution in [1.29, 1.82) is 0 Å². The third kappa shape index (κ3) is 4.58. The predicted molar refractivity (Wildman–Crippen MR) is 193 cm³/mol. The maximum atomic E-state index is 4.97. The topological polar surface area (TPSA) is 51.6 Å². The minimum atomic E-state index is 0.915. The molecule has 0 spiro atoms. The molecule has 9 rings (SSSR count). The summed E-state index contributed by atoms with van der Waals surface area (Å²) in [6.45, 7) is 0. The van der Waals surface area contributed by atoms with E-state index in [-0.39, 0.29) is 0 Å². The third-order valence-corrected chi connectivity index (χ3v) is 9.77. The first-order valence-electron chi connectivity index (χ1n) is 15.0. The Hall–Kier alpha value is -5.56. The second-order valence-corrected chi connectivity index (χ2v) is 12.7.